The molecule has 0 amide bonds. The second-order valence-electron chi connectivity index (χ2n) is 1.33. The van der Waals surface area contributed by atoms with Crippen molar-refractivity contribution in [2.24, 2.45) is 0 Å². The van der Waals surface area contributed by atoms with Crippen molar-refractivity contribution >= 4 is 31.5 Å². The Hall–Kier alpha value is 0.730. The SMILES string of the molecule is O=[PH](O)OCC(Cl)CCl. The van der Waals surface area contributed by atoms with Crippen molar-refractivity contribution in [1.82, 2.24) is 0 Å². The first-order valence-electron chi connectivity index (χ1n) is 2.22. The van der Waals surface area contributed by atoms with Crippen LogP contribution in [0.4, 0.5) is 0 Å². The minimum Gasteiger partial charge on any atom is -0.326 e. The van der Waals surface area contributed by atoms with Crippen molar-refractivity contribution in [3.63, 3.8) is 0 Å². The zero-order valence-electron chi connectivity index (χ0n) is 4.51. The molecule has 0 aliphatic heterocycles. The molecule has 2 atom stereocenters. The molecule has 0 radical (unpaired) electrons. The average Bonchev–Trinajstić information content (AvgIpc) is 1.83. The molecule has 2 unspecified atom stereocenters. The Morgan fingerprint density at radius 1 is 1.78 bits per heavy atom. The van der Waals surface area contributed by atoms with Crippen LogP contribution in [0.3, 0.4) is 0 Å². The van der Waals surface area contributed by atoms with Crippen LogP contribution in [0.2, 0.25) is 0 Å². The Morgan fingerprint density at radius 2 is 2.33 bits per heavy atom. The van der Waals surface area contributed by atoms with Crippen LogP contribution in [0.5, 0.6) is 0 Å². The van der Waals surface area contributed by atoms with Gasteiger partial charge in [0, 0.05) is 5.88 Å². The van der Waals surface area contributed by atoms with Gasteiger partial charge in [0.05, 0.1) is 12.0 Å². The van der Waals surface area contributed by atoms with E-state index in [1.54, 1.807) is 0 Å². The van der Waals surface area contributed by atoms with E-state index in [1.165, 1.54) is 0 Å². The normalized spacial score (nSPS) is 17.2. The molecule has 0 bridgehead atoms. The van der Waals surface area contributed by atoms with Gasteiger partial charge in [0.2, 0.25) is 0 Å². The highest BCUT2D eigenvalue weighted by Gasteiger charge is 2.02. The maximum atomic E-state index is 9.88. The molecule has 0 aromatic carbocycles. The lowest BCUT2D eigenvalue weighted by Gasteiger charge is -2.01. The van der Waals surface area contributed by atoms with Crippen molar-refractivity contribution in [2.75, 3.05) is 12.5 Å². The molecule has 0 spiro atoms. The summed E-state index contributed by atoms with van der Waals surface area (Å²) in [6, 6.07) is 0. The van der Waals surface area contributed by atoms with Gasteiger partial charge in [-0.25, -0.2) is 0 Å². The molecule has 0 aliphatic carbocycles. The molecule has 56 valence electrons. The van der Waals surface area contributed by atoms with Crippen LogP contribution in [0, 0.1) is 0 Å². The van der Waals surface area contributed by atoms with E-state index in [0.717, 1.165) is 0 Å². The average molecular weight is 193 g/mol. The second-order valence-corrected chi connectivity index (χ2v) is 3.07. The van der Waals surface area contributed by atoms with Gasteiger partial charge in [0.25, 0.3) is 0 Å². The van der Waals surface area contributed by atoms with Crippen LogP contribution in [-0.2, 0) is 9.09 Å². The molecular formula is C3H7Cl2O3P. The number of hydrogen-bond acceptors (Lipinski definition) is 2. The van der Waals surface area contributed by atoms with Gasteiger partial charge in [-0.05, 0) is 0 Å². The van der Waals surface area contributed by atoms with Crippen molar-refractivity contribution in [3.8, 4) is 0 Å². The van der Waals surface area contributed by atoms with E-state index < -0.39 is 8.25 Å². The third kappa shape index (κ3) is 6.62. The second kappa shape index (κ2) is 5.51. The Kier molecular flexibility index (Phi) is 5.96. The highest BCUT2D eigenvalue weighted by Crippen LogP contribution is 2.16. The van der Waals surface area contributed by atoms with Crippen LogP contribution in [0.15, 0.2) is 0 Å². The zero-order chi connectivity index (χ0) is 7.28. The smallest absolute Gasteiger partial charge is 0.316 e. The number of rotatable bonds is 4. The fourth-order valence-corrected chi connectivity index (χ4v) is 0.808. The fourth-order valence-electron chi connectivity index (χ4n) is 0.206. The van der Waals surface area contributed by atoms with Gasteiger partial charge >= 0.3 is 8.25 Å². The molecule has 0 aromatic heterocycles. The summed E-state index contributed by atoms with van der Waals surface area (Å²) in [4.78, 5) is 8.12. The van der Waals surface area contributed by atoms with E-state index in [4.69, 9.17) is 28.1 Å². The van der Waals surface area contributed by atoms with Gasteiger partial charge in [0.15, 0.2) is 0 Å². The molecular weight excluding hydrogens is 186 g/mol. The largest absolute Gasteiger partial charge is 0.326 e. The van der Waals surface area contributed by atoms with Crippen LogP contribution in [0.25, 0.3) is 0 Å². The van der Waals surface area contributed by atoms with Crippen molar-refractivity contribution in [1.29, 1.82) is 0 Å². The minimum atomic E-state index is -2.83. The molecule has 0 saturated carbocycles. The first-order chi connectivity index (χ1) is 4.16. The number of halogens is 2. The van der Waals surface area contributed by atoms with Crippen LogP contribution in [0.1, 0.15) is 0 Å². The quantitative estimate of drug-likeness (QED) is 0.539. The summed E-state index contributed by atoms with van der Waals surface area (Å²) in [6.45, 7) is 0.0271. The summed E-state index contributed by atoms with van der Waals surface area (Å²) in [5.74, 6) is 0.219. The molecule has 0 heterocycles. The van der Waals surface area contributed by atoms with Crippen molar-refractivity contribution in [3.05, 3.63) is 0 Å². The lowest BCUT2D eigenvalue weighted by atomic mass is 10.5. The lowest BCUT2D eigenvalue weighted by Crippen LogP contribution is -2.06. The van der Waals surface area contributed by atoms with E-state index >= 15 is 0 Å². The number of hydrogen-bond donors (Lipinski definition) is 1. The van der Waals surface area contributed by atoms with Gasteiger partial charge in [-0.3, -0.25) is 4.57 Å². The third-order valence-electron chi connectivity index (χ3n) is 0.555. The van der Waals surface area contributed by atoms with E-state index in [9.17, 15) is 4.57 Å². The summed E-state index contributed by atoms with van der Waals surface area (Å²) in [5.41, 5.74) is 0. The predicted octanol–water partition coefficient (Wildman–Crippen LogP) is 1.23. The van der Waals surface area contributed by atoms with Crippen LogP contribution < -0.4 is 0 Å². The monoisotopic (exact) mass is 192 g/mol. The first-order valence-corrected chi connectivity index (χ1v) is 4.46. The zero-order valence-corrected chi connectivity index (χ0v) is 7.02. The Morgan fingerprint density at radius 3 is 2.67 bits per heavy atom. The predicted molar refractivity (Wildman–Crippen MR) is 37.5 cm³/mol. The van der Waals surface area contributed by atoms with Gasteiger partial charge < -0.3 is 9.42 Å². The molecule has 0 aliphatic rings. The minimum absolute atomic E-state index is 0.0271. The van der Waals surface area contributed by atoms with Gasteiger partial charge in [-0.2, -0.15) is 0 Å². The topological polar surface area (TPSA) is 46.5 Å². The van der Waals surface area contributed by atoms with E-state index in [2.05, 4.69) is 4.52 Å². The van der Waals surface area contributed by atoms with E-state index in [1.807, 2.05) is 0 Å². The standard InChI is InChI=1S/C3H7Cl2O3P/c4-1-3(5)2-8-9(6)7/h3,9H,1-2H2,(H,6,7). The summed E-state index contributed by atoms with van der Waals surface area (Å²) in [5, 5.41) is -0.382. The van der Waals surface area contributed by atoms with Gasteiger partial charge in [0.1, 0.15) is 0 Å². The van der Waals surface area contributed by atoms with Gasteiger partial charge in [-0.15, -0.1) is 23.2 Å². The first kappa shape index (κ1) is 9.73. The highest BCUT2D eigenvalue weighted by molar-refractivity contribution is 7.32. The summed E-state index contributed by atoms with van der Waals surface area (Å²) >= 11 is 10.7. The Bertz CT molecular complexity index is 99.1. The molecule has 0 fully saturated rings. The molecule has 0 saturated heterocycles. The molecule has 0 rings (SSSR count). The van der Waals surface area contributed by atoms with Crippen LogP contribution in [-0.4, -0.2) is 22.8 Å². The highest BCUT2D eigenvalue weighted by atomic mass is 35.5. The molecule has 6 heteroatoms. The number of alkyl halides is 2. The molecule has 0 aromatic rings. The van der Waals surface area contributed by atoms with Crippen LogP contribution >= 0.6 is 31.5 Å². The molecule has 3 nitrogen and oxygen atoms in total. The summed E-state index contributed by atoms with van der Waals surface area (Å²) < 4.78 is 14.2. The maximum Gasteiger partial charge on any atom is 0.316 e. The van der Waals surface area contributed by atoms with Crippen molar-refractivity contribution in [2.45, 2.75) is 5.38 Å². The molecule has 9 heavy (non-hydrogen) atoms. The Labute approximate surface area is 63.9 Å². The summed E-state index contributed by atoms with van der Waals surface area (Å²) in [6.07, 6.45) is 0. The lowest BCUT2D eigenvalue weighted by molar-refractivity contribution is 0.284. The fraction of sp³-hybridized carbons (Fsp3) is 1.00. The third-order valence-corrected chi connectivity index (χ3v) is 1.78. The Balaban J connectivity index is 3.16. The van der Waals surface area contributed by atoms with E-state index in [-0.39, 0.29) is 17.9 Å². The maximum absolute atomic E-state index is 9.88. The van der Waals surface area contributed by atoms with Crippen molar-refractivity contribution < 1.29 is 14.0 Å². The van der Waals surface area contributed by atoms with Gasteiger partial charge in [-0.1, -0.05) is 0 Å². The van der Waals surface area contributed by atoms with E-state index in [0.29, 0.717) is 0 Å². The summed E-state index contributed by atoms with van der Waals surface area (Å²) in [7, 11) is -2.83. The molecule has 1 N–H and O–H groups in total.